The van der Waals surface area contributed by atoms with Crippen molar-refractivity contribution in [3.63, 3.8) is 0 Å². The molecule has 2 heterocycles. The minimum atomic E-state index is -0.695. The highest BCUT2D eigenvalue weighted by molar-refractivity contribution is 6.42. The molecule has 1 aliphatic carbocycles. The zero-order chi connectivity index (χ0) is 23.7. The van der Waals surface area contributed by atoms with E-state index in [0.29, 0.717) is 34.4 Å². The Bertz CT molecular complexity index is 1200. The van der Waals surface area contributed by atoms with Gasteiger partial charge in [-0.2, -0.15) is 0 Å². The highest BCUT2D eigenvalue weighted by atomic mass is 35.5. The molecule has 0 bridgehead atoms. The fraction of sp³-hybridized carbons (Fsp3) is 0.346. The maximum Gasteiger partial charge on any atom is 0.303 e. The summed E-state index contributed by atoms with van der Waals surface area (Å²) in [4.78, 5) is 22.8. The topological polar surface area (TPSA) is 75.5 Å². The van der Waals surface area contributed by atoms with Crippen LogP contribution in [0, 0.1) is 5.92 Å². The van der Waals surface area contributed by atoms with E-state index in [1.54, 1.807) is 12.1 Å². The number of hydrogen-bond donors (Lipinski definition) is 1. The molecule has 1 aromatic heterocycles. The number of carboxylic acid groups (broad SMARTS) is 1. The third-order valence-corrected chi connectivity index (χ3v) is 7.40. The van der Waals surface area contributed by atoms with Crippen molar-refractivity contribution < 1.29 is 14.6 Å². The molecule has 0 spiro atoms. The van der Waals surface area contributed by atoms with Gasteiger partial charge in [0, 0.05) is 49.3 Å². The summed E-state index contributed by atoms with van der Waals surface area (Å²) in [6.45, 7) is 2.19. The van der Waals surface area contributed by atoms with Crippen LogP contribution in [0.5, 0.6) is 5.75 Å². The van der Waals surface area contributed by atoms with Gasteiger partial charge in [0.05, 0.1) is 15.7 Å². The summed E-state index contributed by atoms with van der Waals surface area (Å²) < 4.78 is 5.87. The smallest absolute Gasteiger partial charge is 0.303 e. The summed E-state index contributed by atoms with van der Waals surface area (Å²) in [5.74, 6) is 1.09. The van der Waals surface area contributed by atoms with Crippen LogP contribution in [0.15, 0.2) is 48.7 Å². The summed E-state index contributed by atoms with van der Waals surface area (Å²) in [6.07, 6.45) is 5.05. The lowest BCUT2D eigenvalue weighted by molar-refractivity contribution is -0.139. The van der Waals surface area contributed by atoms with Crippen LogP contribution in [0.3, 0.4) is 0 Å². The third kappa shape index (κ3) is 5.19. The van der Waals surface area contributed by atoms with Crippen molar-refractivity contribution in [3.8, 4) is 17.1 Å². The second-order valence-corrected chi connectivity index (χ2v) is 9.85. The standard InChI is InChI=1S/C26H25Cl2N3O3/c27-22-6-1-16(11-23(22)28)15-34-21-4-2-18(3-5-21)26-29-13-19-14-31(8-7-24(19)30-26)20-9-17(10-20)12-25(32)33/h1-6,11,13,17,20H,7-10,12,14-15H2,(H,32,33). The maximum atomic E-state index is 10.9. The molecule has 0 atom stereocenters. The first kappa shape index (κ1) is 23.1. The number of ether oxygens (including phenoxy) is 1. The fourth-order valence-electron chi connectivity index (χ4n) is 4.70. The molecule has 0 amide bonds. The second kappa shape index (κ2) is 9.90. The quantitative estimate of drug-likeness (QED) is 0.455. The Morgan fingerprint density at radius 2 is 1.91 bits per heavy atom. The molecule has 0 saturated heterocycles. The SMILES string of the molecule is O=C(O)CC1CC(N2CCc3nc(-c4ccc(OCc5ccc(Cl)c(Cl)c5)cc4)ncc3C2)C1. The van der Waals surface area contributed by atoms with E-state index >= 15 is 0 Å². The number of rotatable bonds is 7. The van der Waals surface area contributed by atoms with E-state index in [1.807, 2.05) is 36.5 Å². The number of aromatic nitrogens is 2. The molecule has 3 aromatic rings. The Hall–Kier alpha value is -2.67. The Kier molecular flexibility index (Phi) is 6.73. The summed E-state index contributed by atoms with van der Waals surface area (Å²) in [6, 6.07) is 13.7. The van der Waals surface area contributed by atoms with Crippen molar-refractivity contribution in [2.24, 2.45) is 5.92 Å². The summed E-state index contributed by atoms with van der Waals surface area (Å²) in [7, 11) is 0. The van der Waals surface area contributed by atoms with Crippen LogP contribution in [-0.4, -0.2) is 38.5 Å². The minimum absolute atomic E-state index is 0.284. The Labute approximate surface area is 208 Å². The third-order valence-electron chi connectivity index (χ3n) is 6.66. The largest absolute Gasteiger partial charge is 0.489 e. The lowest BCUT2D eigenvalue weighted by atomic mass is 9.77. The van der Waals surface area contributed by atoms with Crippen LogP contribution < -0.4 is 4.74 Å². The number of halogens is 2. The monoisotopic (exact) mass is 497 g/mol. The van der Waals surface area contributed by atoms with Gasteiger partial charge in [-0.15, -0.1) is 0 Å². The first-order valence-corrected chi connectivity index (χ1v) is 12.2. The highest BCUT2D eigenvalue weighted by Gasteiger charge is 2.36. The average molecular weight is 498 g/mol. The van der Waals surface area contributed by atoms with Crippen LogP contribution in [0.4, 0.5) is 0 Å². The molecular weight excluding hydrogens is 473 g/mol. The fourth-order valence-corrected chi connectivity index (χ4v) is 5.02. The number of aliphatic carboxylic acids is 1. The molecule has 1 aliphatic heterocycles. The van der Waals surface area contributed by atoms with Gasteiger partial charge >= 0.3 is 5.97 Å². The number of hydrogen-bond acceptors (Lipinski definition) is 5. The Morgan fingerprint density at radius 1 is 1.12 bits per heavy atom. The number of benzene rings is 2. The molecule has 1 saturated carbocycles. The Balaban J connectivity index is 1.18. The van der Waals surface area contributed by atoms with E-state index in [1.165, 1.54) is 5.56 Å². The van der Waals surface area contributed by atoms with Gasteiger partial charge in [-0.05, 0) is 60.7 Å². The van der Waals surface area contributed by atoms with Crippen LogP contribution in [-0.2, 0) is 24.4 Å². The molecule has 6 nitrogen and oxygen atoms in total. The van der Waals surface area contributed by atoms with E-state index in [2.05, 4.69) is 9.88 Å². The predicted octanol–water partition coefficient (Wildman–Crippen LogP) is 5.64. The zero-order valence-corrected chi connectivity index (χ0v) is 20.1. The van der Waals surface area contributed by atoms with Crippen molar-refractivity contribution in [3.05, 3.63) is 75.5 Å². The van der Waals surface area contributed by atoms with E-state index in [-0.39, 0.29) is 6.42 Å². The molecule has 1 fully saturated rings. The first-order valence-electron chi connectivity index (χ1n) is 11.4. The second-order valence-electron chi connectivity index (χ2n) is 9.04. The van der Waals surface area contributed by atoms with Gasteiger partial charge in [0.15, 0.2) is 5.82 Å². The summed E-state index contributed by atoms with van der Waals surface area (Å²) in [5, 5.41) is 10.00. The van der Waals surface area contributed by atoms with Crippen LogP contribution in [0.25, 0.3) is 11.4 Å². The average Bonchev–Trinajstić information content (AvgIpc) is 2.81. The molecular formula is C26H25Cl2N3O3. The number of carbonyl (C=O) groups is 1. The molecule has 176 valence electrons. The van der Waals surface area contributed by atoms with Gasteiger partial charge in [0.25, 0.3) is 0 Å². The van der Waals surface area contributed by atoms with Gasteiger partial charge in [0.1, 0.15) is 12.4 Å². The molecule has 2 aromatic carbocycles. The van der Waals surface area contributed by atoms with Crippen LogP contribution in [0.1, 0.15) is 36.1 Å². The van der Waals surface area contributed by atoms with Crippen molar-refractivity contribution in [1.82, 2.24) is 14.9 Å². The molecule has 0 radical (unpaired) electrons. The normalized spacial score (nSPS) is 19.8. The predicted molar refractivity (Wildman–Crippen MR) is 131 cm³/mol. The van der Waals surface area contributed by atoms with Crippen molar-refractivity contribution >= 4 is 29.2 Å². The molecule has 1 N–H and O–H groups in total. The van der Waals surface area contributed by atoms with E-state index in [4.69, 9.17) is 38.0 Å². The van der Waals surface area contributed by atoms with Gasteiger partial charge in [-0.3, -0.25) is 9.69 Å². The molecule has 8 heteroatoms. The number of nitrogens with zero attached hydrogens (tertiary/aromatic N) is 3. The van der Waals surface area contributed by atoms with Gasteiger partial charge in [-0.25, -0.2) is 9.97 Å². The van der Waals surface area contributed by atoms with Gasteiger partial charge in [-0.1, -0.05) is 29.3 Å². The summed E-state index contributed by atoms with van der Waals surface area (Å²) >= 11 is 12.0. The van der Waals surface area contributed by atoms with Crippen molar-refractivity contribution in [1.29, 1.82) is 0 Å². The molecule has 5 rings (SSSR count). The molecule has 34 heavy (non-hydrogen) atoms. The van der Waals surface area contributed by atoms with Gasteiger partial charge in [0.2, 0.25) is 0 Å². The number of fused-ring (bicyclic) bond motifs is 1. The van der Waals surface area contributed by atoms with Crippen molar-refractivity contribution in [2.45, 2.75) is 44.9 Å². The first-order chi connectivity index (χ1) is 16.4. The summed E-state index contributed by atoms with van der Waals surface area (Å²) in [5.41, 5.74) is 4.16. The lowest BCUT2D eigenvalue weighted by Crippen LogP contribution is -2.47. The van der Waals surface area contributed by atoms with Gasteiger partial charge < -0.3 is 9.84 Å². The van der Waals surface area contributed by atoms with Crippen molar-refractivity contribution in [2.75, 3.05) is 6.54 Å². The number of carboxylic acids is 1. The zero-order valence-electron chi connectivity index (χ0n) is 18.6. The molecule has 2 aliphatic rings. The van der Waals surface area contributed by atoms with Crippen LogP contribution in [0.2, 0.25) is 10.0 Å². The highest BCUT2D eigenvalue weighted by Crippen LogP contribution is 2.36. The van der Waals surface area contributed by atoms with Crippen LogP contribution >= 0.6 is 23.2 Å². The lowest BCUT2D eigenvalue weighted by Gasteiger charge is -2.44. The maximum absolute atomic E-state index is 10.9. The van der Waals surface area contributed by atoms with E-state index in [9.17, 15) is 4.79 Å². The minimum Gasteiger partial charge on any atom is -0.489 e. The van der Waals surface area contributed by atoms with E-state index in [0.717, 1.165) is 54.9 Å². The van der Waals surface area contributed by atoms with E-state index < -0.39 is 5.97 Å². The Morgan fingerprint density at radius 3 is 2.65 bits per heavy atom. The molecule has 0 unspecified atom stereocenters.